The molecule has 1 saturated carbocycles. The highest BCUT2D eigenvalue weighted by Gasteiger charge is 2.29. The minimum atomic E-state index is -0.338. The molecule has 0 unspecified atom stereocenters. The van der Waals surface area contributed by atoms with Crippen molar-refractivity contribution in [2.24, 2.45) is 0 Å². The zero-order chi connectivity index (χ0) is 19.1. The van der Waals surface area contributed by atoms with Crippen LogP contribution in [-0.2, 0) is 6.42 Å². The van der Waals surface area contributed by atoms with E-state index in [1.165, 1.54) is 18.5 Å². The van der Waals surface area contributed by atoms with Crippen LogP contribution in [0.15, 0.2) is 36.9 Å². The molecule has 7 nitrogen and oxygen atoms in total. The zero-order valence-corrected chi connectivity index (χ0v) is 15.0. The van der Waals surface area contributed by atoms with Crippen molar-refractivity contribution in [2.75, 3.05) is 6.54 Å². The highest BCUT2D eigenvalue weighted by atomic mass is 19.1. The lowest BCUT2D eigenvalue weighted by atomic mass is 10.0. The van der Waals surface area contributed by atoms with Crippen molar-refractivity contribution in [2.45, 2.75) is 31.3 Å². The molecule has 3 aromatic rings. The number of fused-ring (bicyclic) bond motifs is 1. The minimum absolute atomic E-state index is 0.245. The van der Waals surface area contributed by atoms with E-state index in [1.54, 1.807) is 18.5 Å². The summed E-state index contributed by atoms with van der Waals surface area (Å²) in [4.78, 5) is 20.3. The van der Waals surface area contributed by atoms with E-state index in [1.807, 2.05) is 0 Å². The first kappa shape index (κ1) is 16.9. The van der Waals surface area contributed by atoms with Gasteiger partial charge in [0, 0.05) is 47.1 Å². The summed E-state index contributed by atoms with van der Waals surface area (Å²) in [6, 6.07) is 4.70. The van der Waals surface area contributed by atoms with Crippen LogP contribution < -0.4 is 10.1 Å². The lowest BCUT2D eigenvalue weighted by Gasteiger charge is -2.13. The molecule has 2 aromatic heterocycles. The van der Waals surface area contributed by atoms with Crippen LogP contribution in [-0.4, -0.2) is 38.7 Å². The van der Waals surface area contributed by atoms with Crippen molar-refractivity contribution in [3.8, 4) is 16.9 Å². The summed E-state index contributed by atoms with van der Waals surface area (Å²) in [5, 5.41) is 9.87. The molecule has 1 aliphatic carbocycles. The van der Waals surface area contributed by atoms with Gasteiger partial charge in [0.15, 0.2) is 0 Å². The molecule has 0 bridgehead atoms. The smallest absolute Gasteiger partial charge is 0.271 e. The average molecular weight is 379 g/mol. The maximum absolute atomic E-state index is 14.1. The third kappa shape index (κ3) is 3.21. The van der Waals surface area contributed by atoms with Crippen molar-refractivity contribution in [1.29, 1.82) is 0 Å². The van der Waals surface area contributed by atoms with Crippen LogP contribution >= 0.6 is 0 Å². The topological polar surface area (TPSA) is 92.8 Å². The monoisotopic (exact) mass is 379 g/mol. The Morgan fingerprint density at radius 3 is 2.86 bits per heavy atom. The van der Waals surface area contributed by atoms with Crippen LogP contribution in [0.25, 0.3) is 11.1 Å². The second-order valence-corrected chi connectivity index (χ2v) is 7.21. The molecule has 8 heteroatoms. The lowest BCUT2D eigenvalue weighted by molar-refractivity contribution is 0.0928. The van der Waals surface area contributed by atoms with Crippen molar-refractivity contribution < 1.29 is 13.9 Å². The summed E-state index contributed by atoms with van der Waals surface area (Å²) < 4.78 is 20.1. The molecule has 1 amide bonds. The SMILES string of the molecule is O=C(NC[C@H]1Cc2cc(F)cc(-c3cncnc3)c2O1)c1cc(C2CC2)[nH]n1. The quantitative estimate of drug-likeness (QED) is 0.711. The predicted molar refractivity (Wildman–Crippen MR) is 98.4 cm³/mol. The molecule has 1 aromatic carbocycles. The fourth-order valence-electron chi connectivity index (χ4n) is 3.51. The lowest BCUT2D eigenvalue weighted by Crippen LogP contribution is -2.34. The Hall–Kier alpha value is -3.29. The fraction of sp³-hybridized carbons (Fsp3) is 0.300. The number of halogens is 1. The maximum atomic E-state index is 14.1. The van der Waals surface area contributed by atoms with Crippen LogP contribution in [0, 0.1) is 5.82 Å². The Bertz CT molecular complexity index is 1030. The number of hydrogen-bond donors (Lipinski definition) is 2. The minimum Gasteiger partial charge on any atom is -0.487 e. The molecule has 1 atom stereocenters. The third-order valence-electron chi connectivity index (χ3n) is 5.07. The van der Waals surface area contributed by atoms with Crippen LogP contribution in [0.5, 0.6) is 5.75 Å². The Morgan fingerprint density at radius 1 is 1.25 bits per heavy atom. The van der Waals surface area contributed by atoms with Crippen LogP contribution in [0.3, 0.4) is 0 Å². The first-order valence-corrected chi connectivity index (χ1v) is 9.25. The second kappa shape index (κ2) is 6.70. The van der Waals surface area contributed by atoms with E-state index in [0.29, 0.717) is 41.5 Å². The summed E-state index contributed by atoms with van der Waals surface area (Å²) >= 11 is 0. The molecule has 1 fully saturated rings. The number of H-pyrrole nitrogens is 1. The van der Waals surface area contributed by atoms with E-state index in [4.69, 9.17) is 4.74 Å². The molecule has 1 aliphatic heterocycles. The molecule has 0 radical (unpaired) electrons. The standard InChI is InChI=1S/C20H18FN5O2/c21-14-3-12-4-15(28-19(12)16(5-14)13-7-22-10-23-8-13)9-24-20(27)18-6-17(25-26-18)11-1-2-11/h3,5-8,10-11,15H,1-2,4,9H2,(H,24,27)(H,25,26)/t15-/m1/s1. The van der Waals surface area contributed by atoms with Gasteiger partial charge in [0.25, 0.3) is 5.91 Å². The highest BCUT2D eigenvalue weighted by molar-refractivity contribution is 5.92. The van der Waals surface area contributed by atoms with E-state index in [9.17, 15) is 9.18 Å². The molecule has 3 heterocycles. The number of nitrogens with zero attached hydrogens (tertiary/aromatic N) is 3. The molecule has 2 N–H and O–H groups in total. The fourth-order valence-corrected chi connectivity index (χ4v) is 3.51. The van der Waals surface area contributed by atoms with Gasteiger partial charge < -0.3 is 10.1 Å². The zero-order valence-electron chi connectivity index (χ0n) is 15.0. The number of carbonyl (C=O) groups is 1. The number of benzene rings is 1. The van der Waals surface area contributed by atoms with Gasteiger partial charge in [0.2, 0.25) is 0 Å². The third-order valence-corrected chi connectivity index (χ3v) is 5.07. The van der Waals surface area contributed by atoms with Gasteiger partial charge in [0.05, 0.1) is 6.54 Å². The number of hydrogen-bond acceptors (Lipinski definition) is 5. The molecule has 142 valence electrons. The Labute approximate surface area is 160 Å². The first-order valence-electron chi connectivity index (χ1n) is 9.25. The first-order chi connectivity index (χ1) is 13.7. The number of ether oxygens (including phenoxy) is 1. The Kier molecular flexibility index (Phi) is 4.03. The molecular weight excluding hydrogens is 361 g/mol. The van der Waals surface area contributed by atoms with Gasteiger partial charge in [-0.3, -0.25) is 9.89 Å². The molecule has 2 aliphatic rings. The largest absolute Gasteiger partial charge is 0.487 e. The van der Waals surface area contributed by atoms with Crippen LogP contribution in [0.2, 0.25) is 0 Å². The Morgan fingerprint density at radius 2 is 2.07 bits per heavy atom. The summed E-state index contributed by atoms with van der Waals surface area (Å²) in [5.74, 6) is 0.545. The number of aromatic nitrogens is 4. The molecule has 28 heavy (non-hydrogen) atoms. The highest BCUT2D eigenvalue weighted by Crippen LogP contribution is 2.40. The van der Waals surface area contributed by atoms with E-state index in [2.05, 4.69) is 25.5 Å². The van der Waals surface area contributed by atoms with E-state index in [0.717, 1.165) is 24.1 Å². The van der Waals surface area contributed by atoms with Crippen LogP contribution in [0.4, 0.5) is 4.39 Å². The summed E-state index contributed by atoms with van der Waals surface area (Å²) in [5.41, 5.74) is 3.47. The number of carbonyl (C=O) groups excluding carboxylic acids is 1. The Balaban J connectivity index is 1.28. The maximum Gasteiger partial charge on any atom is 0.271 e. The second-order valence-electron chi connectivity index (χ2n) is 7.21. The molecule has 0 saturated heterocycles. The normalized spacial score (nSPS) is 17.8. The number of nitrogens with one attached hydrogen (secondary N) is 2. The number of amides is 1. The number of aromatic amines is 1. The van der Waals surface area contributed by atoms with E-state index in [-0.39, 0.29) is 17.8 Å². The van der Waals surface area contributed by atoms with Gasteiger partial charge >= 0.3 is 0 Å². The van der Waals surface area contributed by atoms with Gasteiger partial charge in [-0.1, -0.05) is 0 Å². The number of rotatable bonds is 5. The summed E-state index contributed by atoms with van der Waals surface area (Å²) in [6.07, 6.45) is 7.19. The van der Waals surface area contributed by atoms with Crippen molar-refractivity contribution in [3.63, 3.8) is 0 Å². The molecule has 5 rings (SSSR count). The van der Waals surface area contributed by atoms with E-state index < -0.39 is 0 Å². The van der Waals surface area contributed by atoms with Gasteiger partial charge in [0.1, 0.15) is 29.7 Å². The van der Waals surface area contributed by atoms with Gasteiger partial charge in [-0.05, 0) is 31.0 Å². The predicted octanol–water partition coefficient (Wildman–Crippen LogP) is 2.62. The van der Waals surface area contributed by atoms with Crippen LogP contribution in [0.1, 0.15) is 40.5 Å². The summed E-state index contributed by atoms with van der Waals surface area (Å²) in [6.45, 7) is 0.311. The van der Waals surface area contributed by atoms with E-state index >= 15 is 0 Å². The van der Waals surface area contributed by atoms with Crippen molar-refractivity contribution in [1.82, 2.24) is 25.5 Å². The van der Waals surface area contributed by atoms with Gasteiger partial charge in [-0.25, -0.2) is 14.4 Å². The van der Waals surface area contributed by atoms with Gasteiger partial charge in [-0.2, -0.15) is 5.10 Å². The molecule has 0 spiro atoms. The van der Waals surface area contributed by atoms with Crippen molar-refractivity contribution in [3.05, 3.63) is 59.7 Å². The summed E-state index contributed by atoms with van der Waals surface area (Å²) in [7, 11) is 0. The van der Waals surface area contributed by atoms with Gasteiger partial charge in [-0.15, -0.1) is 0 Å². The molecular formula is C20H18FN5O2. The average Bonchev–Trinajstić information content (AvgIpc) is 3.29. The van der Waals surface area contributed by atoms with Crippen molar-refractivity contribution >= 4 is 5.91 Å².